The van der Waals surface area contributed by atoms with Gasteiger partial charge in [0.1, 0.15) is 23.0 Å². The fourth-order valence-electron chi connectivity index (χ4n) is 3.70. The molecular weight excluding hydrogens is 408 g/mol. The molecule has 0 spiro atoms. The second kappa shape index (κ2) is 9.55. The van der Waals surface area contributed by atoms with Gasteiger partial charge in [-0.1, -0.05) is 24.3 Å². The van der Waals surface area contributed by atoms with Crippen LogP contribution in [-0.2, 0) is 33.4 Å². The van der Waals surface area contributed by atoms with Crippen LogP contribution < -0.4 is 0 Å². The largest absolute Gasteiger partial charge is 0.507 e. The van der Waals surface area contributed by atoms with E-state index in [2.05, 4.69) is 0 Å². The zero-order chi connectivity index (χ0) is 23.3. The fraction of sp³-hybridized carbons (Fsp3) is 0.409. The molecule has 0 aliphatic heterocycles. The summed E-state index contributed by atoms with van der Waals surface area (Å²) >= 11 is 0. The highest BCUT2D eigenvalue weighted by molar-refractivity contribution is 6.29. The Kier molecular flexibility index (Phi) is 7.32. The van der Waals surface area contributed by atoms with Crippen LogP contribution in [0.25, 0.3) is 5.76 Å². The van der Waals surface area contributed by atoms with Crippen molar-refractivity contribution in [1.82, 2.24) is 0 Å². The van der Waals surface area contributed by atoms with Gasteiger partial charge in [-0.3, -0.25) is 19.2 Å². The maximum Gasteiger partial charge on any atom is 0.339 e. The Bertz CT molecular complexity index is 959. The summed E-state index contributed by atoms with van der Waals surface area (Å²) in [4.78, 5) is 65.5. The van der Waals surface area contributed by atoms with Gasteiger partial charge in [0.15, 0.2) is 11.2 Å². The van der Waals surface area contributed by atoms with Crippen molar-refractivity contribution in [3.8, 4) is 0 Å². The molecule has 9 nitrogen and oxygen atoms in total. The Balaban J connectivity index is 3.04. The molecule has 0 bridgehead atoms. The summed E-state index contributed by atoms with van der Waals surface area (Å²) in [7, 11) is 0. The van der Waals surface area contributed by atoms with E-state index < -0.39 is 52.1 Å². The summed E-state index contributed by atoms with van der Waals surface area (Å²) < 4.78 is 15.0. The SMILES string of the molecule is CCOC(=O)C1=C(O)c2ccccc2C(=O)C1(C(=O)OCC)C(C(C)=O)C(=O)OCC. The van der Waals surface area contributed by atoms with Gasteiger partial charge < -0.3 is 19.3 Å². The highest BCUT2D eigenvalue weighted by Gasteiger charge is 2.66. The van der Waals surface area contributed by atoms with Crippen LogP contribution in [-0.4, -0.2) is 54.4 Å². The van der Waals surface area contributed by atoms with E-state index in [4.69, 9.17) is 14.2 Å². The maximum atomic E-state index is 13.8. The molecule has 2 unspecified atom stereocenters. The number of aliphatic hydroxyl groups is 1. The van der Waals surface area contributed by atoms with E-state index in [0.717, 1.165) is 6.92 Å². The van der Waals surface area contributed by atoms with E-state index in [-0.39, 0.29) is 30.9 Å². The first kappa shape index (κ1) is 23.8. The van der Waals surface area contributed by atoms with E-state index in [1.54, 1.807) is 0 Å². The number of hydrogen-bond acceptors (Lipinski definition) is 9. The molecule has 0 amide bonds. The number of rotatable bonds is 8. The van der Waals surface area contributed by atoms with Gasteiger partial charge in [0.05, 0.1) is 19.8 Å². The van der Waals surface area contributed by atoms with Crippen molar-refractivity contribution < 1.29 is 43.3 Å². The van der Waals surface area contributed by atoms with E-state index in [1.807, 2.05) is 0 Å². The number of benzene rings is 1. The molecule has 1 aromatic rings. The monoisotopic (exact) mass is 432 g/mol. The molecule has 1 aliphatic rings. The minimum atomic E-state index is -2.81. The van der Waals surface area contributed by atoms with E-state index in [0.29, 0.717) is 0 Å². The zero-order valence-electron chi connectivity index (χ0n) is 17.7. The Labute approximate surface area is 179 Å². The molecule has 0 fully saturated rings. The van der Waals surface area contributed by atoms with E-state index in [1.165, 1.54) is 45.0 Å². The van der Waals surface area contributed by atoms with Crippen molar-refractivity contribution in [2.45, 2.75) is 27.7 Å². The van der Waals surface area contributed by atoms with Crippen LogP contribution in [0.4, 0.5) is 0 Å². The van der Waals surface area contributed by atoms with Crippen LogP contribution in [0.1, 0.15) is 43.6 Å². The first-order valence-electron chi connectivity index (χ1n) is 9.79. The molecule has 166 valence electrons. The summed E-state index contributed by atoms with van der Waals surface area (Å²) in [6, 6.07) is 5.66. The average Bonchev–Trinajstić information content (AvgIpc) is 2.72. The number of aliphatic hydroxyl groups excluding tert-OH is 1. The van der Waals surface area contributed by atoms with Gasteiger partial charge in [-0.25, -0.2) is 4.79 Å². The maximum absolute atomic E-state index is 13.8. The third-order valence-corrected chi connectivity index (χ3v) is 4.85. The minimum Gasteiger partial charge on any atom is -0.507 e. The lowest BCUT2D eigenvalue weighted by atomic mass is 9.60. The second-order valence-corrected chi connectivity index (χ2v) is 6.64. The lowest BCUT2D eigenvalue weighted by Gasteiger charge is -2.38. The Morgan fingerprint density at radius 1 is 0.935 bits per heavy atom. The molecule has 9 heteroatoms. The van der Waals surface area contributed by atoms with Gasteiger partial charge in [-0.05, 0) is 27.7 Å². The van der Waals surface area contributed by atoms with E-state index in [9.17, 15) is 29.1 Å². The Hall–Kier alpha value is -3.49. The van der Waals surface area contributed by atoms with Gasteiger partial charge in [0, 0.05) is 11.1 Å². The predicted octanol–water partition coefficient (Wildman–Crippen LogP) is 2.03. The van der Waals surface area contributed by atoms with Crippen molar-refractivity contribution >= 4 is 35.2 Å². The molecule has 1 aromatic carbocycles. The number of esters is 3. The highest BCUT2D eigenvalue weighted by Crippen LogP contribution is 2.49. The van der Waals surface area contributed by atoms with Crippen LogP contribution >= 0.6 is 0 Å². The third-order valence-electron chi connectivity index (χ3n) is 4.85. The van der Waals surface area contributed by atoms with Crippen LogP contribution in [0.5, 0.6) is 0 Å². The number of hydrogen-bond donors (Lipinski definition) is 1. The molecule has 0 saturated heterocycles. The molecular formula is C22H24O9. The minimum absolute atomic E-state index is 0.0402. The first-order valence-corrected chi connectivity index (χ1v) is 9.79. The molecule has 0 radical (unpaired) electrons. The highest BCUT2D eigenvalue weighted by atomic mass is 16.5. The average molecular weight is 432 g/mol. The zero-order valence-corrected chi connectivity index (χ0v) is 17.7. The number of carbonyl (C=O) groups is 5. The molecule has 1 N–H and O–H groups in total. The quantitative estimate of drug-likeness (QED) is 0.372. The summed E-state index contributed by atoms with van der Waals surface area (Å²) in [5.41, 5.74) is -3.83. The summed E-state index contributed by atoms with van der Waals surface area (Å²) in [6.07, 6.45) is 0. The van der Waals surface area contributed by atoms with Crippen molar-refractivity contribution in [2.24, 2.45) is 11.3 Å². The van der Waals surface area contributed by atoms with Crippen LogP contribution in [0, 0.1) is 11.3 Å². The van der Waals surface area contributed by atoms with Crippen molar-refractivity contribution in [1.29, 1.82) is 0 Å². The van der Waals surface area contributed by atoms with Gasteiger partial charge in [-0.15, -0.1) is 0 Å². The van der Waals surface area contributed by atoms with Gasteiger partial charge in [-0.2, -0.15) is 0 Å². The molecule has 0 heterocycles. The van der Waals surface area contributed by atoms with Crippen LogP contribution in [0.3, 0.4) is 0 Å². The fourth-order valence-corrected chi connectivity index (χ4v) is 3.70. The number of ether oxygens (including phenoxy) is 3. The van der Waals surface area contributed by atoms with Crippen molar-refractivity contribution in [2.75, 3.05) is 19.8 Å². The lowest BCUT2D eigenvalue weighted by molar-refractivity contribution is -0.167. The molecule has 1 aliphatic carbocycles. The van der Waals surface area contributed by atoms with Crippen molar-refractivity contribution in [3.63, 3.8) is 0 Å². The predicted molar refractivity (Wildman–Crippen MR) is 107 cm³/mol. The van der Waals surface area contributed by atoms with E-state index >= 15 is 0 Å². The molecule has 2 rings (SSSR count). The summed E-state index contributed by atoms with van der Waals surface area (Å²) in [6.45, 7) is 4.85. The topological polar surface area (TPSA) is 133 Å². The first-order chi connectivity index (χ1) is 14.7. The third kappa shape index (κ3) is 3.83. The van der Waals surface area contributed by atoms with Crippen LogP contribution in [0.2, 0.25) is 0 Å². The lowest BCUT2D eigenvalue weighted by Crippen LogP contribution is -2.57. The van der Waals surface area contributed by atoms with Crippen LogP contribution in [0.15, 0.2) is 29.8 Å². The molecule has 0 saturated carbocycles. The number of carbonyl (C=O) groups excluding carboxylic acids is 5. The van der Waals surface area contributed by atoms with Crippen molar-refractivity contribution in [3.05, 3.63) is 41.0 Å². The smallest absolute Gasteiger partial charge is 0.339 e. The molecule has 0 aromatic heterocycles. The number of fused-ring (bicyclic) bond motifs is 1. The normalized spacial score (nSPS) is 18.6. The van der Waals surface area contributed by atoms with Gasteiger partial charge >= 0.3 is 17.9 Å². The number of ketones is 2. The standard InChI is InChI=1S/C22H24O9/c1-5-29-19(26)15(12(4)23)22(21(28)31-7-3)16(20(27)30-6-2)17(24)13-10-8-9-11-14(13)18(22)25/h8-11,15,24H,5-7H2,1-4H3. The molecule has 31 heavy (non-hydrogen) atoms. The Morgan fingerprint density at radius 2 is 1.48 bits per heavy atom. The Morgan fingerprint density at radius 3 is 2.00 bits per heavy atom. The second-order valence-electron chi connectivity index (χ2n) is 6.64. The molecule has 2 atom stereocenters. The number of Topliss-reactive ketones (excluding diaryl/α,β-unsaturated/α-hetero) is 2. The van der Waals surface area contributed by atoms with Gasteiger partial charge in [0.2, 0.25) is 0 Å². The summed E-state index contributed by atoms with van der Waals surface area (Å²) in [5, 5.41) is 11.0. The summed E-state index contributed by atoms with van der Waals surface area (Å²) in [5.74, 6) is -8.56. The van der Waals surface area contributed by atoms with Gasteiger partial charge in [0.25, 0.3) is 0 Å².